The van der Waals surface area contributed by atoms with Crippen molar-refractivity contribution < 1.29 is 4.79 Å². The van der Waals surface area contributed by atoms with Gasteiger partial charge < -0.3 is 10.6 Å². The number of amides is 1. The van der Waals surface area contributed by atoms with Crippen LogP contribution in [0.5, 0.6) is 0 Å². The van der Waals surface area contributed by atoms with Gasteiger partial charge in [0.2, 0.25) is 5.91 Å². The minimum absolute atomic E-state index is 0. The van der Waals surface area contributed by atoms with Crippen molar-refractivity contribution in [1.82, 2.24) is 9.80 Å². The zero-order valence-corrected chi connectivity index (χ0v) is 17.5. The number of nitrogen functional groups attached to an aromatic ring is 1. The van der Waals surface area contributed by atoms with Crippen molar-refractivity contribution in [1.29, 1.82) is 5.41 Å². The van der Waals surface area contributed by atoms with E-state index < -0.39 is 0 Å². The van der Waals surface area contributed by atoms with Crippen LogP contribution in [0.1, 0.15) is 23.1 Å². The molecule has 0 radical (unpaired) electrons. The van der Waals surface area contributed by atoms with Crippen molar-refractivity contribution in [3.05, 3.63) is 71.3 Å². The first kappa shape index (κ1) is 24.0. The normalized spacial score (nSPS) is 13.9. The van der Waals surface area contributed by atoms with Gasteiger partial charge in [-0.25, -0.2) is 0 Å². The molecule has 3 rings (SSSR count). The van der Waals surface area contributed by atoms with Gasteiger partial charge in [0.15, 0.2) is 0 Å². The predicted octanol–water partition coefficient (Wildman–Crippen LogP) is 3.09. The molecule has 0 spiro atoms. The third-order valence-electron chi connectivity index (χ3n) is 4.87. The number of carbonyl (C=O) groups is 1. The summed E-state index contributed by atoms with van der Waals surface area (Å²) in [6, 6.07) is 18.0. The molecule has 2 aromatic carbocycles. The van der Waals surface area contributed by atoms with Gasteiger partial charge in [-0.1, -0.05) is 54.6 Å². The number of amidine groups is 1. The Morgan fingerprint density at radius 3 is 2.07 bits per heavy atom. The molecule has 1 heterocycles. The molecule has 0 aromatic heterocycles. The van der Waals surface area contributed by atoms with Crippen molar-refractivity contribution in [2.75, 3.05) is 26.2 Å². The van der Waals surface area contributed by atoms with E-state index in [1.807, 2.05) is 35.2 Å². The van der Waals surface area contributed by atoms with E-state index in [2.05, 4.69) is 29.2 Å². The number of nitrogens with one attached hydrogen (secondary N) is 1. The Labute approximate surface area is 179 Å². The predicted molar refractivity (Wildman–Crippen MR) is 119 cm³/mol. The van der Waals surface area contributed by atoms with Gasteiger partial charge in [0.25, 0.3) is 0 Å². The third-order valence-corrected chi connectivity index (χ3v) is 4.87. The molecule has 0 atom stereocenters. The minimum atomic E-state index is 0. The SMILES string of the molecule is Cl.Cl.N=C(N)c1ccc(CCC(=O)N2CCN(Cc3ccccc3)CC2)cc1. The number of carbonyl (C=O) groups excluding carboxylic acids is 1. The summed E-state index contributed by atoms with van der Waals surface area (Å²) in [4.78, 5) is 16.8. The van der Waals surface area contributed by atoms with Crippen molar-refractivity contribution in [2.24, 2.45) is 5.73 Å². The molecule has 28 heavy (non-hydrogen) atoms. The highest BCUT2D eigenvalue weighted by Crippen LogP contribution is 2.11. The summed E-state index contributed by atoms with van der Waals surface area (Å²) in [5.41, 5.74) is 8.60. The first-order valence-electron chi connectivity index (χ1n) is 9.09. The lowest BCUT2D eigenvalue weighted by Gasteiger charge is -2.34. The van der Waals surface area contributed by atoms with E-state index in [1.54, 1.807) is 0 Å². The van der Waals surface area contributed by atoms with Crippen molar-refractivity contribution >= 4 is 36.6 Å². The van der Waals surface area contributed by atoms with E-state index in [0.717, 1.165) is 50.3 Å². The maximum absolute atomic E-state index is 12.5. The van der Waals surface area contributed by atoms with Gasteiger partial charge in [-0.15, -0.1) is 24.8 Å². The van der Waals surface area contributed by atoms with E-state index in [9.17, 15) is 4.79 Å². The molecule has 7 heteroatoms. The molecule has 1 fully saturated rings. The lowest BCUT2D eigenvalue weighted by Crippen LogP contribution is -2.48. The summed E-state index contributed by atoms with van der Waals surface area (Å²) < 4.78 is 0. The van der Waals surface area contributed by atoms with Gasteiger partial charge >= 0.3 is 0 Å². The minimum Gasteiger partial charge on any atom is -0.384 e. The second kappa shape index (κ2) is 11.7. The molecule has 152 valence electrons. The molecule has 1 aliphatic heterocycles. The zero-order chi connectivity index (χ0) is 18.4. The third kappa shape index (κ3) is 6.82. The molecular formula is C21H28Cl2N4O. The molecule has 0 bridgehead atoms. The van der Waals surface area contributed by atoms with E-state index in [4.69, 9.17) is 11.1 Å². The Bertz CT molecular complexity index is 745. The number of aryl methyl sites for hydroxylation is 1. The summed E-state index contributed by atoms with van der Waals surface area (Å²) in [7, 11) is 0. The number of nitrogens with zero attached hydrogens (tertiary/aromatic N) is 2. The number of hydrogen-bond donors (Lipinski definition) is 2. The Morgan fingerprint density at radius 2 is 1.50 bits per heavy atom. The molecule has 0 aliphatic carbocycles. The van der Waals surface area contributed by atoms with E-state index in [1.165, 1.54) is 5.56 Å². The first-order chi connectivity index (χ1) is 12.6. The second-order valence-electron chi connectivity index (χ2n) is 6.75. The van der Waals surface area contributed by atoms with Crippen LogP contribution >= 0.6 is 24.8 Å². The lowest BCUT2D eigenvalue weighted by atomic mass is 10.1. The molecule has 1 saturated heterocycles. The van der Waals surface area contributed by atoms with Crippen LogP contribution in [0, 0.1) is 5.41 Å². The van der Waals surface area contributed by atoms with Crippen LogP contribution in [0.2, 0.25) is 0 Å². The number of rotatable bonds is 6. The Hall–Kier alpha value is -2.08. The van der Waals surface area contributed by atoms with Crippen LogP contribution in [0.4, 0.5) is 0 Å². The number of hydrogen-bond acceptors (Lipinski definition) is 3. The van der Waals surface area contributed by atoms with Gasteiger partial charge in [0.1, 0.15) is 5.84 Å². The van der Waals surface area contributed by atoms with Gasteiger partial charge in [-0.3, -0.25) is 15.1 Å². The molecular weight excluding hydrogens is 395 g/mol. The molecule has 0 saturated carbocycles. The van der Waals surface area contributed by atoms with Gasteiger partial charge in [0.05, 0.1) is 0 Å². The monoisotopic (exact) mass is 422 g/mol. The fourth-order valence-corrected chi connectivity index (χ4v) is 3.26. The lowest BCUT2D eigenvalue weighted by molar-refractivity contribution is -0.133. The van der Waals surface area contributed by atoms with Crippen LogP contribution in [0.15, 0.2) is 54.6 Å². The Balaban J connectivity index is 0.00000196. The number of nitrogens with two attached hydrogens (primary N) is 1. The Kier molecular flexibility index (Phi) is 10.0. The van der Waals surface area contributed by atoms with Crippen molar-refractivity contribution in [2.45, 2.75) is 19.4 Å². The van der Waals surface area contributed by atoms with Crippen LogP contribution in [0.25, 0.3) is 0 Å². The van der Waals surface area contributed by atoms with Crippen LogP contribution in [-0.2, 0) is 17.8 Å². The summed E-state index contributed by atoms with van der Waals surface area (Å²) in [5.74, 6) is 0.293. The number of piperazine rings is 1. The summed E-state index contributed by atoms with van der Waals surface area (Å²) >= 11 is 0. The highest BCUT2D eigenvalue weighted by Gasteiger charge is 2.20. The average molecular weight is 423 g/mol. The van der Waals surface area contributed by atoms with Gasteiger partial charge in [-0.2, -0.15) is 0 Å². The van der Waals surface area contributed by atoms with Crippen LogP contribution in [0.3, 0.4) is 0 Å². The Morgan fingerprint density at radius 1 is 0.893 bits per heavy atom. The van der Waals surface area contributed by atoms with E-state index >= 15 is 0 Å². The van der Waals surface area contributed by atoms with E-state index in [0.29, 0.717) is 6.42 Å². The van der Waals surface area contributed by atoms with Crippen molar-refractivity contribution in [3.63, 3.8) is 0 Å². The van der Waals surface area contributed by atoms with Crippen LogP contribution in [-0.4, -0.2) is 47.7 Å². The molecule has 1 amide bonds. The molecule has 5 nitrogen and oxygen atoms in total. The highest BCUT2D eigenvalue weighted by atomic mass is 35.5. The van der Waals surface area contributed by atoms with E-state index in [-0.39, 0.29) is 36.6 Å². The maximum atomic E-state index is 12.5. The quantitative estimate of drug-likeness (QED) is 0.554. The highest BCUT2D eigenvalue weighted by molar-refractivity contribution is 5.94. The molecule has 0 unspecified atom stereocenters. The molecule has 1 aliphatic rings. The molecule has 3 N–H and O–H groups in total. The van der Waals surface area contributed by atoms with Gasteiger partial charge in [-0.05, 0) is 17.5 Å². The second-order valence-corrected chi connectivity index (χ2v) is 6.75. The number of benzene rings is 2. The van der Waals surface area contributed by atoms with Crippen molar-refractivity contribution in [3.8, 4) is 0 Å². The summed E-state index contributed by atoms with van der Waals surface area (Å²) in [5, 5.41) is 7.41. The fourth-order valence-electron chi connectivity index (χ4n) is 3.26. The smallest absolute Gasteiger partial charge is 0.222 e. The van der Waals surface area contributed by atoms with Crippen LogP contribution < -0.4 is 5.73 Å². The standard InChI is InChI=1S/C21H26N4O.2ClH/c22-21(23)19-9-6-17(7-10-19)8-11-20(26)25-14-12-24(13-15-25)16-18-4-2-1-3-5-18;;/h1-7,9-10H,8,11-16H2,(H3,22,23);2*1H. The summed E-state index contributed by atoms with van der Waals surface area (Å²) in [6.45, 7) is 4.40. The largest absolute Gasteiger partial charge is 0.384 e. The maximum Gasteiger partial charge on any atom is 0.222 e. The van der Waals surface area contributed by atoms with Gasteiger partial charge in [0, 0.05) is 44.7 Å². The zero-order valence-electron chi connectivity index (χ0n) is 15.8. The summed E-state index contributed by atoms with van der Waals surface area (Å²) in [6.07, 6.45) is 1.25. The first-order valence-corrected chi connectivity index (χ1v) is 9.09. The average Bonchev–Trinajstić information content (AvgIpc) is 2.68. The molecule has 2 aromatic rings. The topological polar surface area (TPSA) is 73.4 Å². The number of halogens is 2. The fraction of sp³-hybridized carbons (Fsp3) is 0.333.